The molecule has 1 aliphatic carbocycles. The summed E-state index contributed by atoms with van der Waals surface area (Å²) in [5, 5.41) is 63.9. The van der Waals surface area contributed by atoms with E-state index in [-0.39, 0.29) is 55.6 Å². The van der Waals surface area contributed by atoms with Crippen molar-refractivity contribution in [3.05, 3.63) is 47.6 Å². The fraction of sp³-hybridized carbons (Fsp3) is 0.750. The number of aliphatic hydroxyl groups excluding tert-OH is 5. The Morgan fingerprint density at radius 2 is 1.59 bits per heavy atom. The van der Waals surface area contributed by atoms with E-state index >= 15 is 0 Å². The Labute approximate surface area is 432 Å². The van der Waals surface area contributed by atoms with Gasteiger partial charge in [0.15, 0.2) is 5.78 Å². The molecule has 0 spiro atoms. The van der Waals surface area contributed by atoms with E-state index in [0.717, 1.165) is 10.5 Å². The zero-order valence-electron chi connectivity index (χ0n) is 44.8. The van der Waals surface area contributed by atoms with Crippen molar-refractivity contribution in [1.29, 1.82) is 0 Å². The van der Waals surface area contributed by atoms with Crippen LogP contribution < -0.4 is 0 Å². The number of aliphatic hydroxyl groups is 6. The van der Waals surface area contributed by atoms with Crippen LogP contribution in [0.15, 0.2) is 47.6 Å². The van der Waals surface area contributed by atoms with E-state index in [4.69, 9.17) is 18.9 Å². The molecule has 0 aromatic carbocycles. The summed E-state index contributed by atoms with van der Waals surface area (Å²) in [6.45, 7) is 11.6. The van der Waals surface area contributed by atoms with Crippen molar-refractivity contribution in [3.63, 3.8) is 0 Å². The highest BCUT2D eigenvalue weighted by Gasteiger charge is 2.53. The van der Waals surface area contributed by atoms with Gasteiger partial charge in [0, 0.05) is 50.4 Å². The van der Waals surface area contributed by atoms with E-state index in [2.05, 4.69) is 0 Å². The van der Waals surface area contributed by atoms with Gasteiger partial charge in [-0.05, 0) is 115 Å². The molecular weight excluding hydrogens is 943 g/mol. The molecule has 3 heterocycles. The standard InChI is InChI=1S/C56H87NO16/c1-33-15-11-10-12-16-34(2)41(29-58)27-42-20-18-39(7)56(69,73-42)51(65)52(66)57-22-14-13-17-44(57)53(67)71-47(28-45(62)35(3)24-38(6)50(64)43(30-59)49(63)37(5)23-33)36(4)25-40-19-21-46(48(26-40)70-9)72-54(68)55(8,31-60)32-61/h10-12,15-16,24,33,36-44,46-48,50,58-61,64,69H,13-14,17-23,25-32H2,1-9H3/b12-10?,15-11?,34-16?,35-24+/t33-,36-,37-,38?,39+,40+,41+,42-,43+,44+,46-,47+,48+,50+,56+/m0/s1. The lowest BCUT2D eigenvalue weighted by Crippen LogP contribution is -2.60. The molecule has 4 rings (SSSR count). The van der Waals surface area contributed by atoms with Gasteiger partial charge in [-0.3, -0.25) is 24.0 Å². The molecule has 6 N–H and O–H groups in total. The van der Waals surface area contributed by atoms with Crippen molar-refractivity contribution in [2.45, 2.75) is 175 Å². The van der Waals surface area contributed by atoms with Crippen LogP contribution in [0.1, 0.15) is 132 Å². The number of nitrogens with zero attached hydrogens (tertiary/aromatic N) is 1. The van der Waals surface area contributed by atoms with Crippen LogP contribution in [0, 0.1) is 52.8 Å². The third kappa shape index (κ3) is 16.0. The summed E-state index contributed by atoms with van der Waals surface area (Å²) in [5.74, 6) is -11.2. The Morgan fingerprint density at radius 1 is 0.890 bits per heavy atom. The van der Waals surface area contributed by atoms with Crippen molar-refractivity contribution in [2.75, 3.05) is 40.1 Å². The Morgan fingerprint density at radius 3 is 2.23 bits per heavy atom. The third-order valence-electron chi connectivity index (χ3n) is 16.2. The van der Waals surface area contributed by atoms with E-state index in [0.29, 0.717) is 57.8 Å². The van der Waals surface area contributed by atoms with Crippen LogP contribution in [-0.2, 0) is 47.7 Å². The number of ether oxygens (including phenoxy) is 4. The number of fused-ring (bicyclic) bond motifs is 3. The number of carbonyl (C=O) groups is 6. The maximum atomic E-state index is 14.5. The van der Waals surface area contributed by atoms with Gasteiger partial charge in [-0.15, -0.1) is 0 Å². The Hall–Kier alpha value is -3.94. The first kappa shape index (κ1) is 61.6. The van der Waals surface area contributed by atoms with Crippen LogP contribution in [0.25, 0.3) is 0 Å². The lowest BCUT2D eigenvalue weighted by atomic mass is 9.78. The summed E-state index contributed by atoms with van der Waals surface area (Å²) < 4.78 is 23.9. The van der Waals surface area contributed by atoms with Gasteiger partial charge in [-0.25, -0.2) is 4.79 Å². The monoisotopic (exact) mass is 1030 g/mol. The molecule has 17 heteroatoms. The summed E-state index contributed by atoms with van der Waals surface area (Å²) in [4.78, 5) is 85.2. The molecule has 0 aromatic heterocycles. The molecule has 0 radical (unpaired) electrons. The number of hydrogen-bond donors (Lipinski definition) is 6. The zero-order chi connectivity index (χ0) is 54.4. The lowest BCUT2D eigenvalue weighted by molar-refractivity contribution is -0.265. The van der Waals surface area contributed by atoms with E-state index < -0.39 is 133 Å². The van der Waals surface area contributed by atoms with Gasteiger partial charge in [0.2, 0.25) is 5.79 Å². The molecule has 73 heavy (non-hydrogen) atoms. The highest BCUT2D eigenvalue weighted by atomic mass is 16.6. The molecule has 3 aliphatic heterocycles. The predicted octanol–water partition coefficient (Wildman–Crippen LogP) is 4.91. The lowest BCUT2D eigenvalue weighted by Gasteiger charge is -2.43. The number of esters is 2. The number of hydrogen-bond acceptors (Lipinski definition) is 16. The summed E-state index contributed by atoms with van der Waals surface area (Å²) in [6.07, 6.45) is 10.8. The van der Waals surface area contributed by atoms with Crippen molar-refractivity contribution in [3.8, 4) is 0 Å². The molecule has 1 saturated carbocycles. The summed E-state index contributed by atoms with van der Waals surface area (Å²) >= 11 is 0. The molecule has 4 aliphatic rings. The van der Waals surface area contributed by atoms with Gasteiger partial charge in [0.1, 0.15) is 29.4 Å². The minimum atomic E-state index is -2.50. The van der Waals surface area contributed by atoms with Crippen LogP contribution >= 0.6 is 0 Å². The average molecular weight is 1030 g/mol. The summed E-state index contributed by atoms with van der Waals surface area (Å²) in [5.41, 5.74) is -0.441. The molecular formula is C56H87NO16. The van der Waals surface area contributed by atoms with Crippen LogP contribution in [0.5, 0.6) is 0 Å². The van der Waals surface area contributed by atoms with Gasteiger partial charge >= 0.3 is 11.9 Å². The summed E-state index contributed by atoms with van der Waals surface area (Å²) in [7, 11) is 1.49. The number of Topliss-reactive ketones (excluding diaryl/α,β-unsaturated/α-hetero) is 3. The summed E-state index contributed by atoms with van der Waals surface area (Å²) in [6, 6.07) is -1.23. The number of allylic oxidation sites excluding steroid dienone is 6. The predicted molar refractivity (Wildman–Crippen MR) is 271 cm³/mol. The SMILES string of the molecule is CO[C@@H]1C[C@@H](C[C@H](C)[C@H]2CC(=O)/C(C)=C/C(C)[C@@H](O)[C@H](CO)C(=O)[C@@H](C)C[C@@H](C)C=CC=CC=C(C)[C@@H](CO)C[C@@H]3CC[C@@H](C)[C@@](O)(O3)C(=O)C(=O)N3CCCC[C@@H]3C(=O)O2)CC[C@@H]1OC(=O)C(C)(CO)CO. The number of piperidine rings is 1. The number of methoxy groups -OCH3 is 1. The fourth-order valence-corrected chi connectivity index (χ4v) is 10.9. The highest BCUT2D eigenvalue weighted by molar-refractivity contribution is 6.39. The van der Waals surface area contributed by atoms with Crippen LogP contribution in [0.4, 0.5) is 0 Å². The number of amides is 1. The Balaban J connectivity index is 1.69. The number of cyclic esters (lactones) is 1. The molecule has 15 atom stereocenters. The van der Waals surface area contributed by atoms with Crippen molar-refractivity contribution in [2.24, 2.45) is 52.8 Å². The zero-order valence-corrected chi connectivity index (χ0v) is 44.8. The van der Waals surface area contributed by atoms with Gasteiger partial charge in [0.25, 0.3) is 11.7 Å². The van der Waals surface area contributed by atoms with Crippen molar-refractivity contribution < 1.29 is 78.4 Å². The molecule has 412 valence electrons. The second-order valence-electron chi connectivity index (χ2n) is 22.1. The van der Waals surface area contributed by atoms with Crippen molar-refractivity contribution >= 4 is 35.2 Å². The normalized spacial score (nSPS) is 35.8. The number of carbonyl (C=O) groups excluding carboxylic acids is 6. The smallest absolute Gasteiger partial charge is 0.329 e. The molecule has 1 unspecified atom stereocenters. The third-order valence-corrected chi connectivity index (χ3v) is 16.2. The van der Waals surface area contributed by atoms with E-state index in [1.54, 1.807) is 33.8 Å². The molecule has 2 bridgehead atoms. The molecule has 2 saturated heterocycles. The maximum Gasteiger partial charge on any atom is 0.329 e. The quantitative estimate of drug-likeness (QED) is 0.125. The topological polar surface area (TPSA) is 264 Å². The second kappa shape index (κ2) is 28.3. The molecule has 17 nitrogen and oxygen atoms in total. The van der Waals surface area contributed by atoms with E-state index in [9.17, 15) is 59.4 Å². The fourth-order valence-electron chi connectivity index (χ4n) is 10.9. The second-order valence-corrected chi connectivity index (χ2v) is 22.1. The average Bonchev–Trinajstić information content (AvgIpc) is 3.37. The highest BCUT2D eigenvalue weighted by Crippen LogP contribution is 2.39. The van der Waals surface area contributed by atoms with Gasteiger partial charge in [-0.2, -0.15) is 0 Å². The molecule has 1 amide bonds. The van der Waals surface area contributed by atoms with Gasteiger partial charge < -0.3 is 54.5 Å². The van der Waals surface area contributed by atoms with Gasteiger partial charge in [-0.1, -0.05) is 76.6 Å². The Bertz CT molecular complexity index is 2010. The first-order valence-corrected chi connectivity index (χ1v) is 26.6. The molecule has 3 fully saturated rings. The first-order chi connectivity index (χ1) is 34.5. The minimum Gasteiger partial charge on any atom is -0.460 e. The Kier molecular flexibility index (Phi) is 23.9. The van der Waals surface area contributed by atoms with E-state index in [1.807, 2.05) is 51.2 Å². The maximum absolute atomic E-state index is 14.5. The number of rotatable bonds is 10. The van der Waals surface area contributed by atoms with Crippen LogP contribution in [0.3, 0.4) is 0 Å². The van der Waals surface area contributed by atoms with Crippen LogP contribution in [-0.4, -0.2) is 153 Å². The minimum absolute atomic E-state index is 0.0235. The van der Waals surface area contributed by atoms with Crippen molar-refractivity contribution in [1.82, 2.24) is 4.90 Å². The van der Waals surface area contributed by atoms with E-state index in [1.165, 1.54) is 14.0 Å². The first-order valence-electron chi connectivity index (χ1n) is 26.6. The largest absolute Gasteiger partial charge is 0.460 e. The van der Waals surface area contributed by atoms with Gasteiger partial charge in [0.05, 0.1) is 44.1 Å². The molecule has 0 aromatic rings. The number of ketones is 3. The van der Waals surface area contributed by atoms with Crippen LogP contribution in [0.2, 0.25) is 0 Å².